The third kappa shape index (κ3) is 10.3. The van der Waals surface area contributed by atoms with Gasteiger partial charge in [0.1, 0.15) is 35.5 Å². The average Bonchev–Trinajstić information content (AvgIpc) is 3.72. The molecule has 3 aliphatic heterocycles. The number of fused-ring (bicyclic) bond motifs is 3. The predicted molar refractivity (Wildman–Crippen MR) is 207 cm³/mol. The lowest BCUT2D eigenvalue weighted by Crippen LogP contribution is -2.65. The molecule has 0 aromatic heterocycles. The third-order valence-corrected chi connectivity index (χ3v) is 11.5. The number of amides is 1. The number of nitrogens with zero attached hydrogens (tertiary/aromatic N) is 1. The van der Waals surface area contributed by atoms with Crippen molar-refractivity contribution in [3.05, 3.63) is 83.9 Å². The van der Waals surface area contributed by atoms with Crippen LogP contribution in [0.3, 0.4) is 0 Å². The zero-order chi connectivity index (χ0) is 35.5. The van der Waals surface area contributed by atoms with Crippen LogP contribution in [0.2, 0.25) is 0 Å². The number of hydrogen-bond donors (Lipinski definition) is 5. The number of aliphatic hydroxyl groups is 2. The smallest absolute Gasteiger partial charge is 0.211 e. The summed E-state index contributed by atoms with van der Waals surface area (Å²) in [5.74, 6) is 2.43. The number of ether oxygens (including phenoxy) is 3. The molecule has 5 N–H and O–H groups in total. The van der Waals surface area contributed by atoms with Crippen molar-refractivity contribution in [2.45, 2.75) is 69.2 Å². The number of quaternary nitrogens is 1. The molecule has 52 heavy (non-hydrogen) atoms. The lowest BCUT2D eigenvalue weighted by atomic mass is 9.80. The molecule has 10 nitrogen and oxygen atoms in total. The highest BCUT2D eigenvalue weighted by atomic mass is 79.9. The van der Waals surface area contributed by atoms with Gasteiger partial charge in [0.05, 0.1) is 51.2 Å². The van der Waals surface area contributed by atoms with Crippen LogP contribution in [0.4, 0.5) is 5.69 Å². The summed E-state index contributed by atoms with van der Waals surface area (Å²) >= 11 is 0. The molecule has 0 radical (unpaired) electrons. The average molecular weight is 784 g/mol. The second-order valence-electron chi connectivity index (χ2n) is 14.8. The predicted octanol–water partition coefficient (Wildman–Crippen LogP) is 6.10. The minimum atomic E-state index is -0.912. The van der Waals surface area contributed by atoms with E-state index in [-0.39, 0.29) is 40.4 Å². The number of aliphatic hydroxyl groups excluding tert-OH is 1. The van der Waals surface area contributed by atoms with Crippen molar-refractivity contribution in [1.82, 2.24) is 5.32 Å². The Hall–Kier alpha value is -3.19. The van der Waals surface area contributed by atoms with Gasteiger partial charge < -0.3 is 44.6 Å². The van der Waals surface area contributed by atoms with Crippen LogP contribution in [-0.4, -0.2) is 91.4 Å². The van der Waals surface area contributed by atoms with E-state index in [9.17, 15) is 20.1 Å². The van der Waals surface area contributed by atoms with Crippen molar-refractivity contribution in [1.29, 1.82) is 0 Å². The summed E-state index contributed by atoms with van der Waals surface area (Å²) < 4.78 is 19.8. The van der Waals surface area contributed by atoms with Gasteiger partial charge in [-0.1, -0.05) is 49.2 Å². The lowest BCUT2D eigenvalue weighted by Gasteiger charge is -2.53. The second-order valence-corrected chi connectivity index (χ2v) is 14.8. The van der Waals surface area contributed by atoms with Crippen molar-refractivity contribution in [2.24, 2.45) is 11.8 Å². The molecule has 1 saturated carbocycles. The summed E-state index contributed by atoms with van der Waals surface area (Å²) in [4.78, 5) is 10.7. The number of piperidine rings is 3. The first-order valence-electron chi connectivity index (χ1n) is 18.9. The Kier molecular flexibility index (Phi) is 14.8. The molecule has 11 heteroatoms. The fraction of sp³-hybridized carbons (Fsp3) is 0.537. The highest BCUT2D eigenvalue weighted by Gasteiger charge is 2.48. The molecular weight excluding hydrogens is 726 g/mol. The fourth-order valence-electron chi connectivity index (χ4n) is 8.43. The summed E-state index contributed by atoms with van der Waals surface area (Å²) in [6.45, 7) is 7.12. The van der Waals surface area contributed by atoms with Gasteiger partial charge in [-0.25, -0.2) is 0 Å². The van der Waals surface area contributed by atoms with E-state index in [0.29, 0.717) is 50.8 Å². The van der Waals surface area contributed by atoms with E-state index in [1.165, 1.54) is 44.8 Å². The summed E-state index contributed by atoms with van der Waals surface area (Å²) in [7, 11) is 0. The first-order chi connectivity index (χ1) is 24.9. The Morgan fingerprint density at radius 2 is 1.58 bits per heavy atom. The lowest BCUT2D eigenvalue weighted by molar-refractivity contribution is -0.946. The van der Waals surface area contributed by atoms with Crippen LogP contribution in [-0.2, 0) is 15.1 Å². The summed E-state index contributed by atoms with van der Waals surface area (Å²) in [5.41, 5.74) is 0.952. The maximum atomic E-state index is 12.0. The van der Waals surface area contributed by atoms with E-state index in [2.05, 4.69) is 22.8 Å². The quantitative estimate of drug-likeness (QED) is 0.0403. The maximum absolute atomic E-state index is 12.0. The first kappa shape index (κ1) is 40.0. The number of anilines is 1. The van der Waals surface area contributed by atoms with Crippen LogP contribution < -0.4 is 20.1 Å². The van der Waals surface area contributed by atoms with Crippen LogP contribution >= 0.6 is 17.0 Å². The Morgan fingerprint density at radius 3 is 2.25 bits per heavy atom. The minimum absolute atomic E-state index is 0. The van der Waals surface area contributed by atoms with E-state index in [0.717, 1.165) is 60.3 Å². The van der Waals surface area contributed by atoms with E-state index in [1.807, 2.05) is 42.5 Å². The molecule has 3 heterocycles. The normalized spacial score (nSPS) is 23.0. The summed E-state index contributed by atoms with van der Waals surface area (Å²) in [6.07, 6.45) is 8.57. The molecule has 3 aromatic rings. The van der Waals surface area contributed by atoms with Gasteiger partial charge in [-0.3, -0.25) is 4.79 Å². The molecule has 4 aliphatic rings. The minimum Gasteiger partial charge on any atom is -0.506 e. The molecular formula is C41H57BrN3O7+. The topological polar surface area (TPSA) is 130 Å². The van der Waals surface area contributed by atoms with E-state index in [1.54, 1.807) is 12.1 Å². The van der Waals surface area contributed by atoms with Gasteiger partial charge in [-0.05, 0) is 79.3 Å². The number of phenolic OH excluding ortho intramolecular Hbond substituents is 1. The van der Waals surface area contributed by atoms with Gasteiger partial charge in [0, 0.05) is 31.7 Å². The number of phenols is 1. The van der Waals surface area contributed by atoms with Gasteiger partial charge >= 0.3 is 0 Å². The van der Waals surface area contributed by atoms with Crippen LogP contribution in [0.1, 0.15) is 68.6 Å². The van der Waals surface area contributed by atoms with Gasteiger partial charge in [0.25, 0.3) is 0 Å². The number of hydrogen-bond acceptors (Lipinski definition) is 8. The number of carbonyl (C=O) groups excluding carboxylic acids is 1. The highest BCUT2D eigenvalue weighted by molar-refractivity contribution is 8.93. The molecule has 284 valence electrons. The van der Waals surface area contributed by atoms with E-state index in [4.69, 9.17) is 14.2 Å². The summed E-state index contributed by atoms with van der Waals surface area (Å²) in [6, 6.07) is 22.6. The first-order valence-corrected chi connectivity index (χ1v) is 18.9. The Bertz CT molecular complexity index is 1520. The van der Waals surface area contributed by atoms with Gasteiger partial charge in [0.15, 0.2) is 0 Å². The number of carbonyl (C=O) groups is 1. The fourth-order valence-corrected chi connectivity index (χ4v) is 8.43. The largest absolute Gasteiger partial charge is 0.506 e. The molecule has 2 bridgehead atoms. The SMILES string of the molecule is Br.O=CNc1cc([C@@H](O)CNCCCOc2ccc(OCCC[N+]34CCC(CC3)[C@@H](OC[C@@](O)(c3ccccc3)C3CCCC3)C4)cc2)ccc1O. The summed E-state index contributed by atoms with van der Waals surface area (Å²) in [5, 5.41) is 37.9. The molecule has 3 atom stereocenters. The van der Waals surface area contributed by atoms with Crippen molar-refractivity contribution in [3.8, 4) is 17.2 Å². The van der Waals surface area contributed by atoms with Crippen LogP contribution in [0, 0.1) is 11.8 Å². The molecule has 0 unspecified atom stereocenters. The second kappa shape index (κ2) is 19.2. The molecule has 1 amide bonds. The number of nitrogens with one attached hydrogen (secondary N) is 2. The molecule has 1 aliphatic carbocycles. The Balaban J connectivity index is 0.00000523. The Morgan fingerprint density at radius 1 is 0.904 bits per heavy atom. The van der Waals surface area contributed by atoms with Crippen molar-refractivity contribution < 1.29 is 38.8 Å². The van der Waals surface area contributed by atoms with Crippen LogP contribution in [0.5, 0.6) is 17.2 Å². The molecule has 3 aromatic carbocycles. The number of benzene rings is 3. The molecule has 0 spiro atoms. The van der Waals surface area contributed by atoms with E-state index >= 15 is 0 Å². The standard InChI is InChI=1S/C41H55N3O7.BrH/c45-30-43-37-26-32(12-17-38(37)46)39(47)27-42-20-6-24-49-35-13-15-36(16-14-35)50-25-7-21-44-22-18-31(19-23-44)40(28-44)51-29-41(48,34-10-4-5-11-34)33-8-2-1-3-9-33;/h1-3,8-9,12-17,26,30-31,34,39-40,42,47-48H,4-7,10-11,18-25,27-29H2,(H-,43,45,46);1H/p+1/t31?,39-,40-,41+,44?;/m0./s1. The molecule has 7 rings (SSSR count). The maximum Gasteiger partial charge on any atom is 0.211 e. The van der Waals surface area contributed by atoms with E-state index < -0.39 is 11.7 Å². The van der Waals surface area contributed by atoms with Crippen molar-refractivity contribution >= 4 is 29.1 Å². The van der Waals surface area contributed by atoms with Crippen molar-refractivity contribution in [3.63, 3.8) is 0 Å². The highest BCUT2D eigenvalue weighted by Crippen LogP contribution is 2.43. The van der Waals surface area contributed by atoms with Crippen molar-refractivity contribution in [2.75, 3.05) is 64.4 Å². The van der Waals surface area contributed by atoms with Crippen LogP contribution in [0.15, 0.2) is 72.8 Å². The number of halogens is 1. The van der Waals surface area contributed by atoms with Crippen LogP contribution in [0.25, 0.3) is 0 Å². The van der Waals surface area contributed by atoms with Gasteiger partial charge in [-0.2, -0.15) is 0 Å². The monoisotopic (exact) mass is 782 g/mol. The molecule has 3 saturated heterocycles. The number of rotatable bonds is 20. The zero-order valence-corrected chi connectivity index (χ0v) is 31.9. The zero-order valence-electron chi connectivity index (χ0n) is 30.2. The Labute approximate surface area is 318 Å². The van der Waals surface area contributed by atoms with Gasteiger partial charge in [-0.15, -0.1) is 17.0 Å². The molecule has 4 fully saturated rings. The number of aromatic hydroxyl groups is 1. The third-order valence-electron chi connectivity index (χ3n) is 11.5. The van der Waals surface area contributed by atoms with Gasteiger partial charge in [0.2, 0.25) is 6.41 Å².